The number of carbonyl (C=O) groups is 1. The van der Waals surface area contributed by atoms with Gasteiger partial charge in [0, 0.05) is 6.54 Å². The molecule has 6 nitrogen and oxygen atoms in total. The Hall–Kier alpha value is -1.08. The molecule has 0 heterocycles. The highest BCUT2D eigenvalue weighted by Crippen LogP contribution is 2.06. The van der Waals surface area contributed by atoms with E-state index in [2.05, 4.69) is 5.32 Å². The summed E-state index contributed by atoms with van der Waals surface area (Å²) in [5, 5.41) is 2.51. The van der Waals surface area contributed by atoms with Crippen molar-refractivity contribution in [3.05, 3.63) is 12.2 Å². The molecule has 17 heavy (non-hydrogen) atoms. The van der Waals surface area contributed by atoms with Gasteiger partial charge in [0.05, 0.1) is 5.75 Å². The molecule has 0 aromatic rings. The monoisotopic (exact) mass is 265 g/mol. The maximum absolute atomic E-state index is 11.2. The van der Waals surface area contributed by atoms with Gasteiger partial charge in [-0.3, -0.25) is 4.55 Å². The summed E-state index contributed by atoms with van der Waals surface area (Å²) >= 11 is 0. The summed E-state index contributed by atoms with van der Waals surface area (Å²) in [6.45, 7) is 5.63. The predicted octanol–water partition coefficient (Wildman–Crippen LogP) is 1.35. The molecule has 7 heteroatoms. The third kappa shape index (κ3) is 12.9. The Bertz CT molecular complexity index is 367. The molecule has 0 aliphatic rings. The fourth-order valence-corrected chi connectivity index (χ4v) is 1.26. The van der Waals surface area contributed by atoms with Crippen LogP contribution in [0.5, 0.6) is 0 Å². The van der Waals surface area contributed by atoms with E-state index in [0.717, 1.165) is 0 Å². The van der Waals surface area contributed by atoms with Crippen molar-refractivity contribution in [2.24, 2.45) is 0 Å². The van der Waals surface area contributed by atoms with Gasteiger partial charge in [0.1, 0.15) is 5.60 Å². The number of amides is 1. The summed E-state index contributed by atoms with van der Waals surface area (Å²) in [5.41, 5.74) is -0.537. The fraction of sp³-hybridized carbons (Fsp3) is 0.700. The molecule has 0 unspecified atom stereocenters. The van der Waals surface area contributed by atoms with Crippen molar-refractivity contribution in [1.82, 2.24) is 5.32 Å². The molecule has 0 aliphatic heterocycles. The zero-order valence-electron chi connectivity index (χ0n) is 10.3. The third-order valence-corrected chi connectivity index (χ3v) is 2.07. The largest absolute Gasteiger partial charge is 0.444 e. The Balaban J connectivity index is 3.69. The predicted molar refractivity (Wildman–Crippen MR) is 64.4 cm³/mol. The van der Waals surface area contributed by atoms with Gasteiger partial charge in [0.25, 0.3) is 10.1 Å². The zero-order chi connectivity index (χ0) is 13.5. The van der Waals surface area contributed by atoms with Gasteiger partial charge in [0.15, 0.2) is 0 Å². The van der Waals surface area contributed by atoms with Crippen LogP contribution in [0.1, 0.15) is 27.2 Å². The second-order valence-electron chi connectivity index (χ2n) is 4.44. The van der Waals surface area contributed by atoms with Crippen molar-refractivity contribution in [3.63, 3.8) is 0 Å². The van der Waals surface area contributed by atoms with Crippen LogP contribution in [0.4, 0.5) is 4.79 Å². The molecule has 0 fully saturated rings. The van der Waals surface area contributed by atoms with E-state index in [1.54, 1.807) is 26.8 Å². The second kappa shape index (κ2) is 6.61. The van der Waals surface area contributed by atoms with Crippen molar-refractivity contribution in [1.29, 1.82) is 0 Å². The Morgan fingerprint density at radius 1 is 1.35 bits per heavy atom. The van der Waals surface area contributed by atoms with Gasteiger partial charge >= 0.3 is 6.09 Å². The summed E-state index contributed by atoms with van der Waals surface area (Å²) < 4.78 is 34.1. The molecule has 0 aromatic carbocycles. The van der Waals surface area contributed by atoms with Crippen molar-refractivity contribution < 1.29 is 22.5 Å². The highest BCUT2D eigenvalue weighted by atomic mass is 32.2. The molecule has 0 saturated carbocycles. The Morgan fingerprint density at radius 2 is 1.94 bits per heavy atom. The molecule has 0 atom stereocenters. The van der Waals surface area contributed by atoms with Gasteiger partial charge in [-0.05, 0) is 27.2 Å². The minimum absolute atomic E-state index is 0.344. The van der Waals surface area contributed by atoms with Crippen molar-refractivity contribution in [3.8, 4) is 0 Å². The first-order valence-electron chi connectivity index (χ1n) is 5.17. The van der Waals surface area contributed by atoms with E-state index in [1.807, 2.05) is 0 Å². The van der Waals surface area contributed by atoms with Gasteiger partial charge < -0.3 is 10.1 Å². The van der Waals surface area contributed by atoms with Crippen LogP contribution in [-0.4, -0.2) is 37.0 Å². The fourth-order valence-electron chi connectivity index (χ4n) is 0.879. The lowest BCUT2D eigenvalue weighted by molar-refractivity contribution is 0.0529. The smallest absolute Gasteiger partial charge is 0.407 e. The number of hydrogen-bond donors (Lipinski definition) is 2. The van der Waals surface area contributed by atoms with Crippen LogP contribution >= 0.6 is 0 Å². The topological polar surface area (TPSA) is 92.7 Å². The number of nitrogens with one attached hydrogen (secondary N) is 1. The molecular weight excluding hydrogens is 246 g/mol. The van der Waals surface area contributed by atoms with Crippen molar-refractivity contribution in [2.75, 3.05) is 12.3 Å². The van der Waals surface area contributed by atoms with E-state index in [0.29, 0.717) is 13.0 Å². The number of hydrogen-bond acceptors (Lipinski definition) is 4. The first-order valence-corrected chi connectivity index (χ1v) is 6.78. The second-order valence-corrected chi connectivity index (χ2v) is 5.93. The Kier molecular flexibility index (Phi) is 6.19. The molecule has 0 bridgehead atoms. The lowest BCUT2D eigenvalue weighted by atomic mass is 10.2. The Morgan fingerprint density at radius 3 is 2.41 bits per heavy atom. The van der Waals surface area contributed by atoms with Gasteiger partial charge in [-0.1, -0.05) is 12.2 Å². The van der Waals surface area contributed by atoms with E-state index in [1.165, 1.54) is 6.08 Å². The van der Waals surface area contributed by atoms with Crippen LogP contribution < -0.4 is 5.32 Å². The SMILES string of the molecule is CC(C)(C)OC(=O)NCC/C=C\CS(=O)(=O)O. The number of rotatable bonds is 5. The first kappa shape index (κ1) is 15.9. The molecule has 0 radical (unpaired) electrons. The highest BCUT2D eigenvalue weighted by molar-refractivity contribution is 7.85. The highest BCUT2D eigenvalue weighted by Gasteiger charge is 2.15. The molecule has 1 amide bonds. The normalized spacial score (nSPS) is 12.7. The minimum atomic E-state index is -3.95. The molecule has 100 valence electrons. The number of alkyl carbamates (subject to hydrolysis) is 1. The van der Waals surface area contributed by atoms with Crippen LogP contribution in [0, 0.1) is 0 Å². The molecule has 0 spiro atoms. The lowest BCUT2D eigenvalue weighted by Gasteiger charge is -2.19. The van der Waals surface area contributed by atoms with Gasteiger partial charge in [-0.25, -0.2) is 4.79 Å². The van der Waals surface area contributed by atoms with E-state index >= 15 is 0 Å². The van der Waals surface area contributed by atoms with E-state index in [-0.39, 0.29) is 0 Å². The van der Waals surface area contributed by atoms with Crippen LogP contribution in [0.2, 0.25) is 0 Å². The standard InChI is InChI=1S/C10H19NO5S/c1-10(2,3)16-9(12)11-7-5-4-6-8-17(13,14)15/h4,6H,5,7-8H2,1-3H3,(H,11,12)(H,13,14,15)/b6-4-. The molecule has 0 rings (SSSR count). The van der Waals surface area contributed by atoms with E-state index in [9.17, 15) is 13.2 Å². The first-order chi connectivity index (χ1) is 7.60. The van der Waals surface area contributed by atoms with Crippen LogP contribution in [0.25, 0.3) is 0 Å². The number of carbonyl (C=O) groups excluding carboxylic acids is 1. The average Bonchev–Trinajstić information content (AvgIpc) is 2.06. The molecule has 0 aromatic heterocycles. The van der Waals surface area contributed by atoms with Crippen LogP contribution in [0.15, 0.2) is 12.2 Å². The summed E-state index contributed by atoms with van der Waals surface area (Å²) in [4.78, 5) is 11.2. The van der Waals surface area contributed by atoms with Gasteiger partial charge in [-0.2, -0.15) is 8.42 Å². The zero-order valence-corrected chi connectivity index (χ0v) is 11.1. The van der Waals surface area contributed by atoms with Gasteiger partial charge in [-0.15, -0.1) is 0 Å². The van der Waals surface area contributed by atoms with E-state index in [4.69, 9.17) is 9.29 Å². The molecule has 0 saturated heterocycles. The maximum atomic E-state index is 11.2. The van der Waals surface area contributed by atoms with Crippen LogP contribution in [-0.2, 0) is 14.9 Å². The summed E-state index contributed by atoms with van der Waals surface area (Å²) in [5.74, 6) is -0.417. The maximum Gasteiger partial charge on any atom is 0.407 e. The minimum Gasteiger partial charge on any atom is -0.444 e. The molecule has 2 N–H and O–H groups in total. The van der Waals surface area contributed by atoms with Gasteiger partial charge in [0.2, 0.25) is 0 Å². The average molecular weight is 265 g/mol. The summed E-state index contributed by atoms with van der Waals surface area (Å²) in [7, 11) is -3.95. The summed E-state index contributed by atoms with van der Waals surface area (Å²) in [6.07, 6.45) is 2.84. The molecular formula is C10H19NO5S. The third-order valence-electron chi connectivity index (χ3n) is 1.45. The van der Waals surface area contributed by atoms with E-state index < -0.39 is 27.6 Å². The van der Waals surface area contributed by atoms with Crippen molar-refractivity contribution in [2.45, 2.75) is 32.8 Å². The quantitative estimate of drug-likeness (QED) is 0.444. The summed E-state index contributed by atoms with van der Waals surface area (Å²) in [6, 6.07) is 0. The van der Waals surface area contributed by atoms with Crippen molar-refractivity contribution >= 4 is 16.2 Å². The number of ether oxygens (including phenoxy) is 1. The Labute approximate surface area is 102 Å². The molecule has 0 aliphatic carbocycles. The van der Waals surface area contributed by atoms with Crippen LogP contribution in [0.3, 0.4) is 0 Å². The lowest BCUT2D eigenvalue weighted by Crippen LogP contribution is -2.32.